The quantitative estimate of drug-likeness (QED) is 0.0608. The Balaban J connectivity index is 1.77. The number of aliphatic hydroxyl groups excluding tert-OH is 14. The van der Waals surface area contributed by atoms with Crippen molar-refractivity contribution in [3.63, 3.8) is 0 Å². The van der Waals surface area contributed by atoms with Crippen molar-refractivity contribution < 1.29 is 90.5 Å². The number of hydrogen-bond donors (Lipinski definition) is 15. The normalized spacial score (nSPS) is 43.6. The van der Waals surface area contributed by atoms with Crippen molar-refractivity contribution in [2.24, 2.45) is 5.92 Å². The molecule has 45 heavy (non-hydrogen) atoms. The average Bonchev–Trinajstić information content (AvgIpc) is 3.04. The zero-order chi connectivity index (χ0) is 33.7. The first-order valence-corrected chi connectivity index (χ1v) is 14.4. The average molecular weight is 660 g/mol. The largest absolute Gasteiger partial charge is 0.396 e. The smallest absolute Gasteiger partial charge is 0.187 e. The standard InChI is InChI=1S/C26H45NO18/c28-3-8-2-13(19(38)20(39)16(8)35)43-25-14(7-32)44-26(23(42)22(25)41)45-24-9(4-29)1-10(17(36)21(24)40)27-15(11(33)5-30)18(37)12(34)6-31/h1,6,8,10-30,32-42H,2-5,7H2/t8?,10?,11-,12?,13?,14-,15?,16-,17?,18?,19+,20?,21?,22-,23?,24?,25?,26+/m1/s1. The summed E-state index contributed by atoms with van der Waals surface area (Å²) in [5.41, 5.74) is -0.134. The van der Waals surface area contributed by atoms with Gasteiger partial charge in [-0.3, -0.25) is 0 Å². The van der Waals surface area contributed by atoms with E-state index in [1.54, 1.807) is 0 Å². The van der Waals surface area contributed by atoms with Crippen LogP contribution in [-0.2, 0) is 19.0 Å². The van der Waals surface area contributed by atoms with Gasteiger partial charge < -0.3 is 95.8 Å². The van der Waals surface area contributed by atoms with Crippen LogP contribution in [0.4, 0.5) is 0 Å². The van der Waals surface area contributed by atoms with Crippen LogP contribution in [0.15, 0.2) is 11.6 Å². The van der Waals surface area contributed by atoms with Gasteiger partial charge in [-0.2, -0.15) is 0 Å². The number of ether oxygens (including phenoxy) is 3. The molecule has 0 aromatic rings. The third kappa shape index (κ3) is 8.23. The van der Waals surface area contributed by atoms with Gasteiger partial charge in [0, 0.05) is 12.5 Å². The fourth-order valence-electron chi connectivity index (χ4n) is 5.83. The number of nitrogens with one attached hydrogen (secondary N) is 1. The summed E-state index contributed by atoms with van der Waals surface area (Å²) >= 11 is 0. The van der Waals surface area contributed by atoms with Gasteiger partial charge in [0.25, 0.3) is 0 Å². The zero-order valence-corrected chi connectivity index (χ0v) is 24.0. The van der Waals surface area contributed by atoms with Crippen LogP contribution in [-0.4, -0.2) is 208 Å². The molecule has 3 aliphatic rings. The monoisotopic (exact) mass is 659 g/mol. The predicted molar refractivity (Wildman–Crippen MR) is 144 cm³/mol. The Labute approximate surface area is 256 Å². The molecule has 0 amide bonds. The van der Waals surface area contributed by atoms with Crippen LogP contribution < -0.4 is 5.32 Å². The highest BCUT2D eigenvalue weighted by Gasteiger charge is 2.52. The lowest BCUT2D eigenvalue weighted by molar-refractivity contribution is -0.332. The molecule has 15 N–H and O–H groups in total. The van der Waals surface area contributed by atoms with Crippen LogP contribution in [0.5, 0.6) is 0 Å². The summed E-state index contributed by atoms with van der Waals surface area (Å²) in [6.07, 6.45) is -24.9. The fourth-order valence-corrected chi connectivity index (χ4v) is 5.83. The summed E-state index contributed by atoms with van der Waals surface area (Å²) < 4.78 is 16.9. The molecule has 1 saturated carbocycles. The topological polar surface area (TPSA) is 340 Å². The third-order valence-corrected chi connectivity index (χ3v) is 8.58. The van der Waals surface area contributed by atoms with Crippen molar-refractivity contribution in [3.05, 3.63) is 11.6 Å². The number of aliphatic hydroxyl groups is 14. The zero-order valence-electron chi connectivity index (χ0n) is 24.0. The van der Waals surface area contributed by atoms with Crippen LogP contribution in [0.3, 0.4) is 0 Å². The van der Waals surface area contributed by atoms with E-state index in [0.29, 0.717) is 0 Å². The Morgan fingerprint density at radius 2 is 1.51 bits per heavy atom. The first-order valence-electron chi connectivity index (χ1n) is 14.4. The van der Waals surface area contributed by atoms with E-state index in [9.17, 15) is 76.3 Å². The van der Waals surface area contributed by atoms with Crippen molar-refractivity contribution >= 4 is 6.29 Å². The first kappa shape index (κ1) is 38.1. The number of aldehydes is 1. The molecule has 0 aromatic carbocycles. The van der Waals surface area contributed by atoms with E-state index in [-0.39, 0.29) is 18.3 Å². The highest BCUT2D eigenvalue weighted by atomic mass is 16.7. The molecule has 0 radical (unpaired) electrons. The van der Waals surface area contributed by atoms with Gasteiger partial charge in [-0.05, 0) is 12.0 Å². The molecule has 262 valence electrons. The molecule has 19 nitrogen and oxygen atoms in total. The van der Waals surface area contributed by atoms with Gasteiger partial charge in [0.15, 0.2) is 12.6 Å². The predicted octanol–water partition coefficient (Wildman–Crippen LogP) is -9.09. The lowest BCUT2D eigenvalue weighted by Gasteiger charge is -2.47. The van der Waals surface area contributed by atoms with E-state index in [0.717, 1.165) is 6.08 Å². The number of carbonyl (C=O) groups is 1. The number of hydrogen-bond acceptors (Lipinski definition) is 19. The maximum absolute atomic E-state index is 10.9. The van der Waals surface area contributed by atoms with Crippen LogP contribution >= 0.6 is 0 Å². The summed E-state index contributed by atoms with van der Waals surface area (Å²) in [6.45, 7) is -3.15. The van der Waals surface area contributed by atoms with Crippen LogP contribution in [0, 0.1) is 5.92 Å². The highest BCUT2D eigenvalue weighted by Crippen LogP contribution is 2.34. The fraction of sp³-hybridized carbons (Fsp3) is 0.885. The molecule has 0 spiro atoms. The Morgan fingerprint density at radius 1 is 0.844 bits per heavy atom. The van der Waals surface area contributed by atoms with Crippen LogP contribution in [0.2, 0.25) is 0 Å². The third-order valence-electron chi connectivity index (χ3n) is 8.58. The molecule has 18 atom stereocenters. The molecule has 12 unspecified atom stereocenters. The molecule has 1 saturated heterocycles. The van der Waals surface area contributed by atoms with Crippen molar-refractivity contribution in [2.75, 3.05) is 26.4 Å². The minimum absolute atomic E-state index is 0.0234. The second-order valence-electron chi connectivity index (χ2n) is 11.5. The molecular weight excluding hydrogens is 614 g/mol. The Bertz CT molecular complexity index is 957. The molecule has 1 aliphatic heterocycles. The van der Waals surface area contributed by atoms with Crippen molar-refractivity contribution in [2.45, 2.75) is 110 Å². The SMILES string of the molecule is O=CC(O)C(O)C(NC1C=C(CO)C(O[C@@H]2O[C@H](CO)C(OC3CC(CO)[C@@H](O)C(O)[C@H]3O)[C@H](O)C2O)C(O)C1O)[C@H](O)CO. The summed E-state index contributed by atoms with van der Waals surface area (Å²) in [6, 6.07) is -2.98. The van der Waals surface area contributed by atoms with Gasteiger partial charge in [-0.15, -0.1) is 0 Å². The highest BCUT2D eigenvalue weighted by molar-refractivity contribution is 5.56. The van der Waals surface area contributed by atoms with Crippen molar-refractivity contribution in [1.29, 1.82) is 0 Å². The van der Waals surface area contributed by atoms with Gasteiger partial charge in [0.05, 0.1) is 50.2 Å². The first-order chi connectivity index (χ1) is 21.2. The minimum Gasteiger partial charge on any atom is -0.396 e. The van der Waals surface area contributed by atoms with E-state index < -0.39 is 136 Å². The van der Waals surface area contributed by atoms with Gasteiger partial charge in [-0.25, -0.2) is 0 Å². The summed E-state index contributed by atoms with van der Waals surface area (Å²) in [4.78, 5) is 10.9. The van der Waals surface area contributed by atoms with E-state index in [1.807, 2.05) is 0 Å². The molecule has 2 aliphatic carbocycles. The summed E-state index contributed by atoms with van der Waals surface area (Å²) in [7, 11) is 0. The Kier molecular flexibility index (Phi) is 14.1. The van der Waals surface area contributed by atoms with E-state index in [1.165, 1.54) is 0 Å². The lowest BCUT2D eigenvalue weighted by atomic mass is 9.81. The Morgan fingerprint density at radius 3 is 2.07 bits per heavy atom. The van der Waals surface area contributed by atoms with Crippen LogP contribution in [0.25, 0.3) is 0 Å². The van der Waals surface area contributed by atoms with E-state index >= 15 is 0 Å². The summed E-state index contributed by atoms with van der Waals surface area (Å²) in [5.74, 6) is -0.898. The second kappa shape index (κ2) is 16.7. The van der Waals surface area contributed by atoms with Crippen LogP contribution in [0.1, 0.15) is 6.42 Å². The molecule has 19 heteroatoms. The van der Waals surface area contributed by atoms with Gasteiger partial charge in [0.1, 0.15) is 67.1 Å². The van der Waals surface area contributed by atoms with Crippen molar-refractivity contribution in [1.82, 2.24) is 5.32 Å². The molecule has 3 rings (SSSR count). The van der Waals surface area contributed by atoms with E-state index in [2.05, 4.69) is 5.32 Å². The van der Waals surface area contributed by atoms with Gasteiger partial charge in [-0.1, -0.05) is 6.08 Å². The Hall–Kier alpha value is -1.31. The van der Waals surface area contributed by atoms with Crippen molar-refractivity contribution in [3.8, 4) is 0 Å². The number of carbonyl (C=O) groups excluding carboxylic acids is 1. The minimum atomic E-state index is -2.00. The van der Waals surface area contributed by atoms with Gasteiger partial charge >= 0.3 is 0 Å². The maximum Gasteiger partial charge on any atom is 0.187 e. The molecule has 2 fully saturated rings. The second-order valence-corrected chi connectivity index (χ2v) is 11.5. The molecule has 0 aromatic heterocycles. The molecular formula is C26H45NO18. The molecule has 0 bridgehead atoms. The maximum atomic E-state index is 10.9. The molecule has 1 heterocycles. The lowest BCUT2D eigenvalue weighted by Crippen LogP contribution is -2.65. The summed E-state index contributed by atoms with van der Waals surface area (Å²) in [5, 5.41) is 145. The van der Waals surface area contributed by atoms with Gasteiger partial charge in [0.2, 0.25) is 0 Å². The van der Waals surface area contributed by atoms with E-state index in [4.69, 9.17) is 14.2 Å². The number of rotatable bonds is 14.